The molecule has 0 rings (SSSR count). The molecule has 0 aromatic rings. The second-order valence-corrected chi connectivity index (χ2v) is 4.20. The third-order valence-corrected chi connectivity index (χ3v) is 1.99. The van der Waals surface area contributed by atoms with Crippen LogP contribution in [0.3, 0.4) is 0 Å². The first-order valence-electron chi connectivity index (χ1n) is 6.05. The van der Waals surface area contributed by atoms with E-state index in [1.165, 1.54) is 11.1 Å². The smallest absolute Gasteiger partial charge is 0.303 e. The Kier molecular flexibility index (Phi) is 14.0. The number of hydrogen-bond acceptors (Lipinski definition) is 2. The second-order valence-electron chi connectivity index (χ2n) is 4.20. The minimum Gasteiger partial charge on any atom is -0.481 e. The Hall–Kier alpha value is -1.09. The van der Waals surface area contributed by atoms with Crippen LogP contribution in [0.2, 0.25) is 0 Å². The molecule has 0 aliphatic carbocycles. The molecule has 2 N–H and O–H groups in total. The first-order valence-corrected chi connectivity index (χ1v) is 6.05. The first-order chi connectivity index (χ1) is 7.93. The number of aliphatic carboxylic acids is 1. The summed E-state index contributed by atoms with van der Waals surface area (Å²) in [5, 5.41) is 16.5. The lowest BCUT2D eigenvalue weighted by molar-refractivity contribution is -0.137. The van der Waals surface area contributed by atoms with Crippen LogP contribution >= 0.6 is 0 Å². The molecule has 0 bridgehead atoms. The van der Waals surface area contributed by atoms with E-state index in [4.69, 9.17) is 10.2 Å². The van der Waals surface area contributed by atoms with Gasteiger partial charge >= 0.3 is 5.97 Å². The van der Waals surface area contributed by atoms with Crippen LogP contribution in [0.5, 0.6) is 0 Å². The number of carbonyl (C=O) groups is 1. The summed E-state index contributed by atoms with van der Waals surface area (Å²) >= 11 is 0. The highest BCUT2D eigenvalue weighted by Crippen LogP contribution is 2.05. The van der Waals surface area contributed by atoms with Crippen LogP contribution < -0.4 is 0 Å². The van der Waals surface area contributed by atoms with Crippen molar-refractivity contribution >= 4 is 5.97 Å². The summed E-state index contributed by atoms with van der Waals surface area (Å²) in [5.41, 5.74) is 2.63. The van der Waals surface area contributed by atoms with E-state index in [1.54, 1.807) is 0 Å². The molecule has 0 atom stereocenters. The van der Waals surface area contributed by atoms with Crippen LogP contribution in [0.1, 0.15) is 53.4 Å². The van der Waals surface area contributed by atoms with Crippen molar-refractivity contribution in [2.45, 2.75) is 53.4 Å². The quantitative estimate of drug-likeness (QED) is 0.700. The summed E-state index contributed by atoms with van der Waals surface area (Å²) in [6.07, 6.45) is 7.25. The van der Waals surface area contributed by atoms with Crippen molar-refractivity contribution in [3.05, 3.63) is 23.3 Å². The zero-order valence-electron chi connectivity index (χ0n) is 11.5. The van der Waals surface area contributed by atoms with Gasteiger partial charge in [0.1, 0.15) is 0 Å². The van der Waals surface area contributed by atoms with E-state index in [0.29, 0.717) is 6.42 Å². The van der Waals surface area contributed by atoms with Gasteiger partial charge in [-0.1, -0.05) is 30.2 Å². The normalized spacial score (nSPS) is 10.3. The van der Waals surface area contributed by atoms with Crippen LogP contribution in [0.25, 0.3) is 0 Å². The molecule has 0 unspecified atom stereocenters. The number of aliphatic hydroxyl groups is 1. The standard InChI is InChI=1S/C10H18O.C4H8O2/c1-9(2)5-4-6-10(3)7-8-11;1-2-3-4(5)6/h5,7,11H,4,6,8H2,1-3H3;2-3H2,1H3,(H,5,6). The lowest BCUT2D eigenvalue weighted by Gasteiger charge is -1.96. The van der Waals surface area contributed by atoms with Gasteiger partial charge in [-0.25, -0.2) is 0 Å². The van der Waals surface area contributed by atoms with E-state index in [1.807, 2.05) is 13.0 Å². The van der Waals surface area contributed by atoms with Gasteiger partial charge in [0.05, 0.1) is 6.61 Å². The molecule has 3 nitrogen and oxygen atoms in total. The van der Waals surface area contributed by atoms with Gasteiger partial charge in [-0.05, 0) is 40.0 Å². The predicted molar refractivity (Wildman–Crippen MR) is 72.1 cm³/mol. The average Bonchev–Trinajstić information content (AvgIpc) is 2.18. The average molecular weight is 242 g/mol. The molecule has 0 heterocycles. The van der Waals surface area contributed by atoms with Gasteiger partial charge in [-0.3, -0.25) is 4.79 Å². The highest BCUT2D eigenvalue weighted by molar-refractivity contribution is 5.66. The Morgan fingerprint density at radius 2 is 1.71 bits per heavy atom. The maximum Gasteiger partial charge on any atom is 0.303 e. The number of carboxylic acids is 1. The van der Waals surface area contributed by atoms with Gasteiger partial charge in [0.25, 0.3) is 0 Å². The van der Waals surface area contributed by atoms with E-state index in [2.05, 4.69) is 26.8 Å². The molecule has 0 spiro atoms. The summed E-state index contributed by atoms with van der Waals surface area (Å²) in [4.78, 5) is 9.60. The molecular weight excluding hydrogens is 216 g/mol. The Balaban J connectivity index is 0. The van der Waals surface area contributed by atoms with E-state index < -0.39 is 5.97 Å². The number of allylic oxidation sites excluding steroid dienone is 3. The lowest BCUT2D eigenvalue weighted by atomic mass is 10.1. The molecule has 0 saturated heterocycles. The molecule has 0 fully saturated rings. The Labute approximate surface area is 105 Å². The Morgan fingerprint density at radius 1 is 1.12 bits per heavy atom. The van der Waals surface area contributed by atoms with Crippen molar-refractivity contribution in [3.8, 4) is 0 Å². The second kappa shape index (κ2) is 13.0. The summed E-state index contributed by atoms with van der Waals surface area (Å²) in [6.45, 7) is 8.26. The third kappa shape index (κ3) is 20.9. The van der Waals surface area contributed by atoms with Gasteiger partial charge in [-0.15, -0.1) is 0 Å². The molecule has 0 aromatic carbocycles. The Morgan fingerprint density at radius 3 is 2.00 bits per heavy atom. The van der Waals surface area contributed by atoms with Gasteiger partial charge < -0.3 is 10.2 Å². The highest BCUT2D eigenvalue weighted by atomic mass is 16.4. The topological polar surface area (TPSA) is 57.5 Å². The highest BCUT2D eigenvalue weighted by Gasteiger charge is 1.87. The summed E-state index contributed by atoms with van der Waals surface area (Å²) in [6, 6.07) is 0. The number of hydrogen-bond donors (Lipinski definition) is 2. The van der Waals surface area contributed by atoms with Crippen molar-refractivity contribution in [1.82, 2.24) is 0 Å². The van der Waals surface area contributed by atoms with Crippen molar-refractivity contribution in [2.75, 3.05) is 6.61 Å². The fraction of sp³-hybridized carbons (Fsp3) is 0.643. The van der Waals surface area contributed by atoms with E-state index in [-0.39, 0.29) is 6.61 Å². The van der Waals surface area contributed by atoms with Crippen molar-refractivity contribution in [2.24, 2.45) is 0 Å². The first kappa shape index (κ1) is 18.3. The molecule has 0 saturated carbocycles. The monoisotopic (exact) mass is 242 g/mol. The summed E-state index contributed by atoms with van der Waals surface area (Å²) in [5.74, 6) is -0.711. The van der Waals surface area contributed by atoms with Crippen molar-refractivity contribution < 1.29 is 15.0 Å². The summed E-state index contributed by atoms with van der Waals surface area (Å²) in [7, 11) is 0. The largest absolute Gasteiger partial charge is 0.481 e. The van der Waals surface area contributed by atoms with Crippen LogP contribution in [0.15, 0.2) is 23.3 Å². The van der Waals surface area contributed by atoms with Gasteiger partial charge in [-0.2, -0.15) is 0 Å². The third-order valence-electron chi connectivity index (χ3n) is 1.99. The van der Waals surface area contributed by atoms with Crippen molar-refractivity contribution in [1.29, 1.82) is 0 Å². The SMILES string of the molecule is CC(C)=CCCC(C)=CCO.CCCC(=O)O. The molecule has 0 radical (unpaired) electrons. The molecule has 100 valence electrons. The van der Waals surface area contributed by atoms with Crippen LogP contribution in [0.4, 0.5) is 0 Å². The van der Waals surface area contributed by atoms with E-state index in [9.17, 15) is 4.79 Å². The van der Waals surface area contributed by atoms with E-state index in [0.717, 1.165) is 19.3 Å². The van der Waals surface area contributed by atoms with E-state index >= 15 is 0 Å². The van der Waals surface area contributed by atoms with Crippen LogP contribution in [-0.2, 0) is 4.79 Å². The zero-order valence-corrected chi connectivity index (χ0v) is 11.5. The Bertz CT molecular complexity index is 248. The molecule has 3 heteroatoms. The fourth-order valence-electron chi connectivity index (χ4n) is 1.06. The van der Waals surface area contributed by atoms with Gasteiger partial charge in [0, 0.05) is 6.42 Å². The van der Waals surface area contributed by atoms with Crippen LogP contribution in [0, 0.1) is 0 Å². The van der Waals surface area contributed by atoms with Crippen LogP contribution in [-0.4, -0.2) is 22.8 Å². The molecule has 17 heavy (non-hydrogen) atoms. The lowest BCUT2D eigenvalue weighted by Crippen LogP contribution is -1.90. The molecule has 0 aromatic heterocycles. The number of rotatable bonds is 6. The maximum absolute atomic E-state index is 9.60. The number of aliphatic hydroxyl groups excluding tert-OH is 1. The fourth-order valence-corrected chi connectivity index (χ4v) is 1.06. The minimum absolute atomic E-state index is 0.167. The summed E-state index contributed by atoms with van der Waals surface area (Å²) < 4.78 is 0. The van der Waals surface area contributed by atoms with Gasteiger partial charge in [0.15, 0.2) is 0 Å². The maximum atomic E-state index is 9.60. The molecular formula is C14H26O3. The molecule has 0 amide bonds. The molecule has 0 aliphatic heterocycles. The predicted octanol–water partition coefficient (Wildman–Crippen LogP) is 3.54. The van der Waals surface area contributed by atoms with Gasteiger partial charge in [0.2, 0.25) is 0 Å². The van der Waals surface area contributed by atoms with Crippen molar-refractivity contribution in [3.63, 3.8) is 0 Å². The zero-order chi connectivity index (χ0) is 13.7. The minimum atomic E-state index is -0.711. The molecule has 0 aliphatic rings. The number of carboxylic acid groups (broad SMARTS) is 1.